The van der Waals surface area contributed by atoms with E-state index in [1.54, 1.807) is 0 Å². The smallest absolute Gasteiger partial charge is 0.0774 e. The van der Waals surface area contributed by atoms with Crippen molar-refractivity contribution < 1.29 is 5.11 Å². The SMILES string of the molecule is CC1CCN([C@H]2CC[C@]2(C)O)CC1. The maximum absolute atomic E-state index is 9.95. The van der Waals surface area contributed by atoms with Crippen LogP contribution in [0.3, 0.4) is 0 Å². The molecule has 0 aromatic carbocycles. The Labute approximate surface area is 80.9 Å². The molecule has 0 radical (unpaired) electrons. The first-order valence-corrected chi connectivity index (χ1v) is 5.56. The van der Waals surface area contributed by atoms with Gasteiger partial charge in [-0.2, -0.15) is 0 Å². The summed E-state index contributed by atoms with van der Waals surface area (Å²) in [6, 6.07) is 0.458. The van der Waals surface area contributed by atoms with Crippen molar-refractivity contribution in [2.24, 2.45) is 5.92 Å². The lowest BCUT2D eigenvalue weighted by atomic mass is 9.74. The van der Waals surface area contributed by atoms with Crippen LogP contribution in [0.4, 0.5) is 0 Å². The Hall–Kier alpha value is -0.0800. The van der Waals surface area contributed by atoms with E-state index in [2.05, 4.69) is 11.8 Å². The Morgan fingerprint density at radius 1 is 1.23 bits per heavy atom. The molecule has 0 aromatic heterocycles. The Morgan fingerprint density at radius 2 is 1.85 bits per heavy atom. The van der Waals surface area contributed by atoms with Crippen LogP contribution in [0.15, 0.2) is 0 Å². The first kappa shape index (κ1) is 9.47. The van der Waals surface area contributed by atoms with Crippen molar-refractivity contribution >= 4 is 0 Å². The highest BCUT2D eigenvalue weighted by molar-refractivity contribution is 5.00. The van der Waals surface area contributed by atoms with Crippen LogP contribution in [-0.4, -0.2) is 34.7 Å². The van der Waals surface area contributed by atoms with Gasteiger partial charge in [-0.15, -0.1) is 0 Å². The van der Waals surface area contributed by atoms with Gasteiger partial charge in [0.1, 0.15) is 0 Å². The first-order chi connectivity index (χ1) is 6.09. The standard InChI is InChI=1S/C11H21NO/c1-9-4-7-12(8-5-9)10-3-6-11(10,2)13/h9-10,13H,3-8H2,1-2H3/t10-,11-/m0/s1. The minimum absolute atomic E-state index is 0.388. The van der Waals surface area contributed by atoms with E-state index in [-0.39, 0.29) is 5.60 Å². The summed E-state index contributed by atoms with van der Waals surface area (Å²) in [5, 5.41) is 9.95. The van der Waals surface area contributed by atoms with Crippen LogP contribution in [0.1, 0.15) is 39.5 Å². The third-order valence-electron chi connectivity index (χ3n) is 3.90. The number of rotatable bonds is 1. The maximum atomic E-state index is 9.95. The number of piperidine rings is 1. The van der Waals surface area contributed by atoms with Crippen LogP contribution in [0, 0.1) is 5.92 Å². The van der Waals surface area contributed by atoms with Crippen molar-refractivity contribution in [3.05, 3.63) is 0 Å². The van der Waals surface area contributed by atoms with Crippen LogP contribution in [0.25, 0.3) is 0 Å². The second kappa shape index (κ2) is 3.25. The van der Waals surface area contributed by atoms with Crippen molar-refractivity contribution in [1.29, 1.82) is 0 Å². The van der Waals surface area contributed by atoms with Gasteiger partial charge in [0.25, 0.3) is 0 Å². The van der Waals surface area contributed by atoms with Crippen LogP contribution in [0.5, 0.6) is 0 Å². The number of likely N-dealkylation sites (tertiary alicyclic amines) is 1. The van der Waals surface area contributed by atoms with Gasteiger partial charge in [-0.05, 0) is 51.6 Å². The molecule has 2 fully saturated rings. The zero-order valence-electron chi connectivity index (χ0n) is 8.79. The Bertz CT molecular complexity index is 183. The van der Waals surface area contributed by atoms with E-state index < -0.39 is 0 Å². The highest BCUT2D eigenvalue weighted by Crippen LogP contribution is 2.37. The molecular formula is C11H21NO. The van der Waals surface area contributed by atoms with Crippen LogP contribution in [0.2, 0.25) is 0 Å². The molecule has 0 bridgehead atoms. The highest BCUT2D eigenvalue weighted by atomic mass is 16.3. The monoisotopic (exact) mass is 183 g/mol. The largest absolute Gasteiger partial charge is 0.389 e. The molecule has 2 aliphatic rings. The van der Waals surface area contributed by atoms with E-state index >= 15 is 0 Å². The van der Waals surface area contributed by atoms with Gasteiger partial charge >= 0.3 is 0 Å². The Morgan fingerprint density at radius 3 is 2.23 bits per heavy atom. The van der Waals surface area contributed by atoms with Crippen LogP contribution in [-0.2, 0) is 0 Å². The van der Waals surface area contributed by atoms with Gasteiger partial charge in [-0.1, -0.05) is 6.92 Å². The summed E-state index contributed by atoms with van der Waals surface area (Å²) in [5.41, 5.74) is -0.388. The summed E-state index contributed by atoms with van der Waals surface area (Å²) in [7, 11) is 0. The molecule has 1 saturated heterocycles. The lowest BCUT2D eigenvalue weighted by molar-refractivity contribution is -0.109. The topological polar surface area (TPSA) is 23.5 Å². The van der Waals surface area contributed by atoms with Crippen LogP contribution < -0.4 is 0 Å². The van der Waals surface area contributed by atoms with Crippen molar-refractivity contribution in [2.45, 2.75) is 51.2 Å². The van der Waals surface area contributed by atoms with Gasteiger partial charge in [-0.3, -0.25) is 4.90 Å². The van der Waals surface area contributed by atoms with Crippen molar-refractivity contribution in [2.75, 3.05) is 13.1 Å². The molecular weight excluding hydrogens is 162 g/mol. The molecule has 0 spiro atoms. The molecule has 2 nitrogen and oxygen atoms in total. The fourth-order valence-corrected chi connectivity index (χ4v) is 2.61. The summed E-state index contributed by atoms with van der Waals surface area (Å²) >= 11 is 0. The zero-order valence-corrected chi connectivity index (χ0v) is 8.79. The summed E-state index contributed by atoms with van der Waals surface area (Å²) in [5.74, 6) is 0.890. The molecule has 0 aromatic rings. The summed E-state index contributed by atoms with van der Waals surface area (Å²) in [4.78, 5) is 2.49. The molecule has 1 heterocycles. The third kappa shape index (κ3) is 1.75. The minimum Gasteiger partial charge on any atom is -0.389 e. The van der Waals surface area contributed by atoms with E-state index in [4.69, 9.17) is 0 Å². The van der Waals surface area contributed by atoms with Crippen molar-refractivity contribution in [3.8, 4) is 0 Å². The number of hydrogen-bond donors (Lipinski definition) is 1. The molecule has 2 rings (SSSR count). The second-order valence-electron chi connectivity index (χ2n) is 5.13. The quantitative estimate of drug-likeness (QED) is 0.668. The molecule has 1 aliphatic heterocycles. The maximum Gasteiger partial charge on any atom is 0.0774 e. The first-order valence-electron chi connectivity index (χ1n) is 5.56. The lowest BCUT2D eigenvalue weighted by Gasteiger charge is -2.50. The van der Waals surface area contributed by atoms with E-state index in [1.807, 2.05) is 6.92 Å². The molecule has 2 atom stereocenters. The van der Waals surface area contributed by atoms with E-state index in [0.717, 1.165) is 12.3 Å². The molecule has 1 saturated carbocycles. The molecule has 13 heavy (non-hydrogen) atoms. The average molecular weight is 183 g/mol. The van der Waals surface area contributed by atoms with Crippen molar-refractivity contribution in [1.82, 2.24) is 4.90 Å². The van der Waals surface area contributed by atoms with Gasteiger partial charge in [-0.25, -0.2) is 0 Å². The van der Waals surface area contributed by atoms with E-state index in [9.17, 15) is 5.11 Å². The average Bonchev–Trinajstić information content (AvgIpc) is 2.07. The van der Waals surface area contributed by atoms with Gasteiger partial charge in [0.05, 0.1) is 5.60 Å². The molecule has 2 heteroatoms. The number of aliphatic hydroxyl groups is 1. The Kier molecular flexibility index (Phi) is 2.37. The van der Waals surface area contributed by atoms with Gasteiger partial charge < -0.3 is 5.11 Å². The molecule has 0 amide bonds. The lowest BCUT2D eigenvalue weighted by Crippen LogP contribution is -2.60. The number of nitrogens with zero attached hydrogens (tertiary/aromatic N) is 1. The van der Waals surface area contributed by atoms with Gasteiger partial charge in [0.15, 0.2) is 0 Å². The molecule has 76 valence electrons. The fourth-order valence-electron chi connectivity index (χ4n) is 2.61. The highest BCUT2D eigenvalue weighted by Gasteiger charge is 2.44. The van der Waals surface area contributed by atoms with Crippen molar-refractivity contribution in [3.63, 3.8) is 0 Å². The second-order valence-corrected chi connectivity index (χ2v) is 5.13. The molecule has 1 N–H and O–H groups in total. The predicted octanol–water partition coefficient (Wildman–Crippen LogP) is 1.63. The van der Waals surface area contributed by atoms with Gasteiger partial charge in [0.2, 0.25) is 0 Å². The van der Waals surface area contributed by atoms with Crippen LogP contribution >= 0.6 is 0 Å². The fraction of sp³-hybridized carbons (Fsp3) is 1.00. The summed E-state index contributed by atoms with van der Waals surface area (Å²) in [6.45, 7) is 6.71. The molecule has 0 unspecified atom stereocenters. The normalized spacial score (nSPS) is 43.2. The predicted molar refractivity (Wildman–Crippen MR) is 53.6 cm³/mol. The van der Waals surface area contributed by atoms with Gasteiger partial charge in [0, 0.05) is 6.04 Å². The van der Waals surface area contributed by atoms with E-state index in [0.29, 0.717) is 6.04 Å². The summed E-state index contributed by atoms with van der Waals surface area (Å²) in [6.07, 6.45) is 4.81. The molecule has 1 aliphatic carbocycles. The summed E-state index contributed by atoms with van der Waals surface area (Å²) < 4.78 is 0. The van der Waals surface area contributed by atoms with E-state index in [1.165, 1.54) is 32.4 Å². The third-order valence-corrected chi connectivity index (χ3v) is 3.90. The number of hydrogen-bond acceptors (Lipinski definition) is 2. The Balaban J connectivity index is 1.88. The minimum atomic E-state index is -0.388. The zero-order chi connectivity index (χ0) is 9.47.